The van der Waals surface area contributed by atoms with Crippen molar-refractivity contribution in [2.75, 3.05) is 21.2 Å². The van der Waals surface area contributed by atoms with E-state index in [1.807, 2.05) is 0 Å². The average Bonchev–Trinajstić information content (AvgIpc) is 2.56. The summed E-state index contributed by atoms with van der Waals surface area (Å²) >= 11 is 0. The molecule has 0 N–H and O–H groups in total. The molecule has 0 amide bonds. The number of rotatable bonds is 5. The standard InChI is InChI=1S/C16H18N2O5S/c1-17(2)24(21,22)14-8-9-15(19)18(11-14)10-12-4-6-13(7-5-12)16(20)23-3/h4-9,11H,10H2,1-3H3. The molecule has 0 bridgehead atoms. The Bertz CT molecular complexity index is 899. The first-order valence-electron chi connectivity index (χ1n) is 7.06. The van der Waals surface area contributed by atoms with E-state index < -0.39 is 16.0 Å². The third kappa shape index (κ3) is 3.72. The van der Waals surface area contributed by atoms with Crippen molar-refractivity contribution in [3.05, 3.63) is 64.1 Å². The van der Waals surface area contributed by atoms with Gasteiger partial charge < -0.3 is 9.30 Å². The zero-order valence-corrected chi connectivity index (χ0v) is 14.4. The summed E-state index contributed by atoms with van der Waals surface area (Å²) in [5.41, 5.74) is 0.839. The zero-order valence-electron chi connectivity index (χ0n) is 13.6. The van der Waals surface area contributed by atoms with E-state index in [4.69, 9.17) is 0 Å². The molecule has 0 radical (unpaired) electrons. The van der Waals surface area contributed by atoms with Crippen LogP contribution in [0.3, 0.4) is 0 Å². The SMILES string of the molecule is COC(=O)c1ccc(Cn2cc(S(=O)(=O)N(C)C)ccc2=O)cc1. The Labute approximate surface area is 140 Å². The number of hydrogen-bond donors (Lipinski definition) is 0. The van der Waals surface area contributed by atoms with Crippen LogP contribution in [-0.4, -0.2) is 44.5 Å². The predicted octanol–water partition coefficient (Wildman–Crippen LogP) is 0.933. The average molecular weight is 350 g/mol. The van der Waals surface area contributed by atoms with Crippen molar-refractivity contribution >= 4 is 16.0 Å². The lowest BCUT2D eigenvalue weighted by Gasteiger charge is -2.13. The van der Waals surface area contributed by atoms with Gasteiger partial charge in [-0.2, -0.15) is 0 Å². The van der Waals surface area contributed by atoms with Gasteiger partial charge in [-0.25, -0.2) is 17.5 Å². The van der Waals surface area contributed by atoms with Crippen molar-refractivity contribution in [2.24, 2.45) is 0 Å². The Morgan fingerprint density at radius 2 is 1.75 bits per heavy atom. The number of carbonyl (C=O) groups excluding carboxylic acids is 1. The molecule has 8 heteroatoms. The number of aromatic nitrogens is 1. The molecule has 2 rings (SSSR count). The maximum atomic E-state index is 12.2. The molecule has 1 aromatic carbocycles. The van der Waals surface area contributed by atoms with Gasteiger partial charge in [-0.1, -0.05) is 12.1 Å². The Morgan fingerprint density at radius 1 is 1.12 bits per heavy atom. The normalized spacial score (nSPS) is 11.5. The lowest BCUT2D eigenvalue weighted by atomic mass is 10.1. The van der Waals surface area contributed by atoms with Crippen molar-refractivity contribution in [3.8, 4) is 0 Å². The van der Waals surface area contributed by atoms with Crippen LogP contribution in [0, 0.1) is 0 Å². The van der Waals surface area contributed by atoms with Crippen LogP contribution in [0.4, 0.5) is 0 Å². The molecule has 128 valence electrons. The summed E-state index contributed by atoms with van der Waals surface area (Å²) in [4.78, 5) is 23.4. The van der Waals surface area contributed by atoms with Gasteiger partial charge in [-0.05, 0) is 23.8 Å². The third-order valence-electron chi connectivity index (χ3n) is 3.46. The van der Waals surface area contributed by atoms with E-state index in [1.54, 1.807) is 24.3 Å². The van der Waals surface area contributed by atoms with Crippen LogP contribution in [0.15, 0.2) is 52.3 Å². The summed E-state index contributed by atoms with van der Waals surface area (Å²) in [5, 5.41) is 0. The van der Waals surface area contributed by atoms with Crippen molar-refractivity contribution in [1.29, 1.82) is 0 Å². The Hall–Kier alpha value is -2.45. The highest BCUT2D eigenvalue weighted by molar-refractivity contribution is 7.89. The number of benzene rings is 1. The summed E-state index contributed by atoms with van der Waals surface area (Å²) in [6.45, 7) is 0.192. The molecule has 1 heterocycles. The third-order valence-corrected chi connectivity index (χ3v) is 5.26. The molecule has 0 fully saturated rings. The molecule has 1 aromatic heterocycles. The van der Waals surface area contributed by atoms with E-state index in [2.05, 4.69) is 4.74 Å². The number of sulfonamides is 1. The smallest absolute Gasteiger partial charge is 0.337 e. The van der Waals surface area contributed by atoms with Gasteiger partial charge in [-0.15, -0.1) is 0 Å². The minimum Gasteiger partial charge on any atom is -0.465 e. The van der Waals surface area contributed by atoms with Crippen LogP contribution in [0.25, 0.3) is 0 Å². The molecule has 0 atom stereocenters. The summed E-state index contributed by atoms with van der Waals surface area (Å²) in [6, 6.07) is 9.06. The minimum atomic E-state index is -3.62. The molecule has 0 saturated carbocycles. The van der Waals surface area contributed by atoms with E-state index in [0.29, 0.717) is 5.56 Å². The van der Waals surface area contributed by atoms with Crippen molar-refractivity contribution in [3.63, 3.8) is 0 Å². The zero-order chi connectivity index (χ0) is 17.9. The summed E-state index contributed by atoms with van der Waals surface area (Å²) < 4.78 is 31.3. The first kappa shape index (κ1) is 17.9. The molecule has 7 nitrogen and oxygen atoms in total. The fourth-order valence-electron chi connectivity index (χ4n) is 2.06. The lowest BCUT2D eigenvalue weighted by molar-refractivity contribution is 0.0600. The Morgan fingerprint density at radius 3 is 2.29 bits per heavy atom. The van der Waals surface area contributed by atoms with Crippen LogP contribution in [0.1, 0.15) is 15.9 Å². The maximum Gasteiger partial charge on any atom is 0.337 e. The second-order valence-electron chi connectivity index (χ2n) is 5.31. The van der Waals surface area contributed by atoms with Crippen LogP contribution >= 0.6 is 0 Å². The quantitative estimate of drug-likeness (QED) is 0.749. The number of nitrogens with zero attached hydrogens (tertiary/aromatic N) is 2. The van der Waals surface area contributed by atoms with Gasteiger partial charge in [0, 0.05) is 26.4 Å². The van der Waals surface area contributed by atoms with Gasteiger partial charge in [-0.3, -0.25) is 4.79 Å². The molecule has 0 unspecified atom stereocenters. The van der Waals surface area contributed by atoms with Gasteiger partial charge >= 0.3 is 5.97 Å². The molecule has 2 aromatic rings. The second kappa shape index (κ2) is 6.98. The molecular weight excluding hydrogens is 332 g/mol. The van der Waals surface area contributed by atoms with E-state index in [9.17, 15) is 18.0 Å². The molecule has 0 aliphatic carbocycles. The molecule has 0 aliphatic heterocycles. The van der Waals surface area contributed by atoms with E-state index >= 15 is 0 Å². The number of hydrogen-bond acceptors (Lipinski definition) is 5. The predicted molar refractivity (Wildman–Crippen MR) is 88.5 cm³/mol. The Balaban J connectivity index is 2.33. The van der Waals surface area contributed by atoms with E-state index in [-0.39, 0.29) is 17.0 Å². The van der Waals surface area contributed by atoms with Gasteiger partial charge in [0.2, 0.25) is 10.0 Å². The maximum absolute atomic E-state index is 12.2. The number of pyridine rings is 1. The van der Waals surface area contributed by atoms with Gasteiger partial charge in [0.15, 0.2) is 0 Å². The van der Waals surface area contributed by atoms with Gasteiger partial charge in [0.1, 0.15) is 0 Å². The van der Waals surface area contributed by atoms with Crippen molar-refractivity contribution in [1.82, 2.24) is 8.87 Å². The number of carbonyl (C=O) groups is 1. The summed E-state index contributed by atoms with van der Waals surface area (Å²) in [6.07, 6.45) is 1.31. The number of esters is 1. The molecule has 0 spiro atoms. The molecule has 0 saturated heterocycles. The van der Waals surface area contributed by atoms with Gasteiger partial charge in [0.05, 0.1) is 24.1 Å². The Kier molecular flexibility index (Phi) is 5.20. The monoisotopic (exact) mass is 350 g/mol. The molecule has 0 aliphatic rings. The number of methoxy groups -OCH3 is 1. The van der Waals surface area contributed by atoms with Crippen molar-refractivity contribution < 1.29 is 17.9 Å². The van der Waals surface area contributed by atoms with Crippen LogP contribution in [0.2, 0.25) is 0 Å². The highest BCUT2D eigenvalue weighted by Gasteiger charge is 2.18. The highest BCUT2D eigenvalue weighted by Crippen LogP contribution is 2.12. The van der Waals surface area contributed by atoms with Crippen molar-refractivity contribution in [2.45, 2.75) is 11.4 Å². The minimum absolute atomic E-state index is 0.0401. The molecular formula is C16H18N2O5S. The van der Waals surface area contributed by atoms with Crippen LogP contribution in [0.5, 0.6) is 0 Å². The largest absolute Gasteiger partial charge is 0.465 e. The van der Waals surface area contributed by atoms with Crippen LogP contribution < -0.4 is 5.56 Å². The second-order valence-corrected chi connectivity index (χ2v) is 7.46. The lowest BCUT2D eigenvalue weighted by Crippen LogP contribution is -2.26. The van der Waals surface area contributed by atoms with Crippen LogP contribution in [-0.2, 0) is 21.3 Å². The highest BCUT2D eigenvalue weighted by atomic mass is 32.2. The topological polar surface area (TPSA) is 85.7 Å². The fraction of sp³-hybridized carbons (Fsp3) is 0.250. The molecule has 24 heavy (non-hydrogen) atoms. The summed E-state index contributed by atoms with van der Waals surface area (Å²) in [5.74, 6) is -0.446. The fourth-order valence-corrected chi connectivity index (χ4v) is 2.98. The van der Waals surface area contributed by atoms with Gasteiger partial charge in [0.25, 0.3) is 5.56 Å². The number of ether oxygens (including phenoxy) is 1. The first-order valence-corrected chi connectivity index (χ1v) is 8.50. The van der Waals surface area contributed by atoms with E-state index in [1.165, 1.54) is 44.1 Å². The summed E-state index contributed by atoms with van der Waals surface area (Å²) in [7, 11) is 0.535. The first-order chi connectivity index (χ1) is 11.3. The van der Waals surface area contributed by atoms with E-state index in [0.717, 1.165) is 9.87 Å².